The van der Waals surface area contributed by atoms with Gasteiger partial charge in [-0.2, -0.15) is 0 Å². The maximum atomic E-state index is 12.1. The molecule has 0 aliphatic rings. The van der Waals surface area contributed by atoms with Gasteiger partial charge in [-0.05, 0) is 24.3 Å². The van der Waals surface area contributed by atoms with E-state index >= 15 is 0 Å². The average Bonchev–Trinajstić information content (AvgIpc) is 3.07. The number of carbonyl (C=O) groups is 1. The number of nitrogens with one attached hydrogen (secondary N) is 2. The van der Waals surface area contributed by atoms with E-state index < -0.39 is 0 Å². The van der Waals surface area contributed by atoms with Crippen LogP contribution < -0.4 is 5.32 Å². The molecule has 0 aliphatic heterocycles. The van der Waals surface area contributed by atoms with E-state index in [1.54, 1.807) is 6.33 Å². The van der Waals surface area contributed by atoms with Crippen molar-refractivity contribution < 1.29 is 4.79 Å². The molecule has 0 bridgehead atoms. The van der Waals surface area contributed by atoms with Crippen LogP contribution in [-0.2, 0) is 13.5 Å². The lowest BCUT2D eigenvalue weighted by atomic mass is 10.1. The standard InChI is InChI=1S/C14H15N5O/c1-19-9-17-18-13(19)5-7-16-14(20)11-2-3-12-10(8-11)4-6-15-12/h2-4,6,8-9,15H,5,7H2,1H3,(H,16,20). The molecule has 0 atom stereocenters. The SMILES string of the molecule is Cn1cnnc1CCNC(=O)c1ccc2[nH]ccc2c1. The van der Waals surface area contributed by atoms with Crippen LogP contribution in [0.1, 0.15) is 16.2 Å². The first kappa shape index (κ1) is 12.4. The van der Waals surface area contributed by atoms with Gasteiger partial charge in [-0.3, -0.25) is 4.79 Å². The van der Waals surface area contributed by atoms with Gasteiger partial charge in [0, 0.05) is 42.7 Å². The van der Waals surface area contributed by atoms with Crippen molar-refractivity contribution in [2.75, 3.05) is 6.54 Å². The second-order valence-corrected chi connectivity index (χ2v) is 4.64. The summed E-state index contributed by atoms with van der Waals surface area (Å²) in [5, 5.41) is 11.7. The summed E-state index contributed by atoms with van der Waals surface area (Å²) in [6.45, 7) is 0.538. The Bertz CT molecular complexity index is 743. The zero-order valence-electron chi connectivity index (χ0n) is 11.1. The topological polar surface area (TPSA) is 75.6 Å². The number of H-pyrrole nitrogens is 1. The summed E-state index contributed by atoms with van der Waals surface area (Å²) < 4.78 is 1.85. The van der Waals surface area contributed by atoms with Gasteiger partial charge in [0.2, 0.25) is 0 Å². The van der Waals surface area contributed by atoms with Gasteiger partial charge >= 0.3 is 0 Å². The molecule has 2 aromatic heterocycles. The van der Waals surface area contributed by atoms with E-state index in [1.807, 2.05) is 42.1 Å². The minimum absolute atomic E-state index is 0.0738. The van der Waals surface area contributed by atoms with Crippen LogP contribution in [0, 0.1) is 0 Å². The number of rotatable bonds is 4. The Morgan fingerprint density at radius 2 is 2.30 bits per heavy atom. The molecule has 0 saturated heterocycles. The monoisotopic (exact) mass is 269 g/mol. The van der Waals surface area contributed by atoms with Crippen molar-refractivity contribution in [2.45, 2.75) is 6.42 Å². The van der Waals surface area contributed by atoms with Crippen molar-refractivity contribution >= 4 is 16.8 Å². The normalized spacial score (nSPS) is 10.8. The average molecular weight is 269 g/mol. The van der Waals surface area contributed by atoms with Gasteiger partial charge in [0.15, 0.2) is 0 Å². The number of nitrogens with zero attached hydrogens (tertiary/aromatic N) is 3. The number of aromatic nitrogens is 4. The van der Waals surface area contributed by atoms with Gasteiger partial charge in [-0.25, -0.2) is 0 Å². The lowest BCUT2D eigenvalue weighted by Crippen LogP contribution is -2.26. The number of benzene rings is 1. The van der Waals surface area contributed by atoms with Gasteiger partial charge in [0.05, 0.1) is 0 Å². The van der Waals surface area contributed by atoms with Crippen LogP contribution in [0.2, 0.25) is 0 Å². The third-order valence-electron chi connectivity index (χ3n) is 3.25. The molecule has 0 unspecified atom stereocenters. The number of fused-ring (bicyclic) bond motifs is 1. The number of aromatic amines is 1. The Kier molecular flexibility index (Phi) is 3.20. The summed E-state index contributed by atoms with van der Waals surface area (Å²) in [5.74, 6) is 0.779. The molecule has 6 heteroatoms. The fourth-order valence-corrected chi connectivity index (χ4v) is 2.12. The van der Waals surface area contributed by atoms with Crippen molar-refractivity contribution in [3.8, 4) is 0 Å². The number of aryl methyl sites for hydroxylation is 1. The van der Waals surface area contributed by atoms with Gasteiger partial charge in [-0.1, -0.05) is 0 Å². The minimum Gasteiger partial charge on any atom is -0.361 e. The molecule has 6 nitrogen and oxygen atoms in total. The fourth-order valence-electron chi connectivity index (χ4n) is 2.12. The van der Waals surface area contributed by atoms with Crippen LogP contribution in [-0.4, -0.2) is 32.2 Å². The second-order valence-electron chi connectivity index (χ2n) is 4.64. The van der Waals surface area contributed by atoms with E-state index in [1.165, 1.54) is 0 Å². The van der Waals surface area contributed by atoms with E-state index in [0.717, 1.165) is 16.7 Å². The van der Waals surface area contributed by atoms with Crippen molar-refractivity contribution in [1.29, 1.82) is 0 Å². The zero-order valence-corrected chi connectivity index (χ0v) is 11.1. The molecule has 3 rings (SSSR count). The maximum absolute atomic E-state index is 12.1. The first-order chi connectivity index (χ1) is 9.74. The highest BCUT2D eigenvalue weighted by molar-refractivity contribution is 5.98. The summed E-state index contributed by atoms with van der Waals surface area (Å²) in [7, 11) is 1.89. The number of hydrogen-bond acceptors (Lipinski definition) is 3. The Labute approximate surface area is 115 Å². The van der Waals surface area contributed by atoms with Gasteiger partial charge in [0.1, 0.15) is 12.2 Å². The Hall–Kier alpha value is -2.63. The molecular weight excluding hydrogens is 254 g/mol. The summed E-state index contributed by atoms with van der Waals surface area (Å²) in [4.78, 5) is 15.2. The van der Waals surface area contributed by atoms with Crippen molar-refractivity contribution in [2.24, 2.45) is 7.05 Å². The first-order valence-corrected chi connectivity index (χ1v) is 6.42. The van der Waals surface area contributed by atoms with Crippen LogP contribution in [0.4, 0.5) is 0 Å². The van der Waals surface area contributed by atoms with Gasteiger partial charge in [-0.15, -0.1) is 10.2 Å². The Morgan fingerprint density at radius 1 is 1.40 bits per heavy atom. The third kappa shape index (κ3) is 2.40. The van der Waals surface area contributed by atoms with E-state index in [2.05, 4.69) is 20.5 Å². The van der Waals surface area contributed by atoms with Crippen LogP contribution in [0.15, 0.2) is 36.8 Å². The summed E-state index contributed by atoms with van der Waals surface area (Å²) >= 11 is 0. The van der Waals surface area contributed by atoms with Crippen LogP contribution in [0.25, 0.3) is 10.9 Å². The summed E-state index contributed by atoms with van der Waals surface area (Å²) in [5.41, 5.74) is 1.69. The first-order valence-electron chi connectivity index (χ1n) is 6.42. The molecule has 1 aromatic carbocycles. The minimum atomic E-state index is -0.0738. The van der Waals surface area contributed by atoms with Crippen molar-refractivity contribution in [1.82, 2.24) is 25.1 Å². The molecule has 0 fully saturated rings. The highest BCUT2D eigenvalue weighted by Crippen LogP contribution is 2.14. The molecule has 3 aromatic rings. The molecule has 0 aliphatic carbocycles. The van der Waals surface area contributed by atoms with Gasteiger partial charge < -0.3 is 14.9 Å². The summed E-state index contributed by atoms with van der Waals surface area (Å²) in [6.07, 6.45) is 4.17. The molecule has 0 saturated carbocycles. The Balaban J connectivity index is 1.62. The number of carbonyl (C=O) groups excluding carboxylic acids is 1. The largest absolute Gasteiger partial charge is 0.361 e. The highest BCUT2D eigenvalue weighted by Gasteiger charge is 2.07. The van der Waals surface area contributed by atoms with E-state index in [-0.39, 0.29) is 5.91 Å². The molecule has 2 heterocycles. The molecule has 102 valence electrons. The fraction of sp³-hybridized carbons (Fsp3) is 0.214. The molecule has 0 radical (unpaired) electrons. The van der Waals surface area contributed by atoms with Gasteiger partial charge in [0.25, 0.3) is 5.91 Å². The van der Waals surface area contributed by atoms with Crippen LogP contribution in [0.5, 0.6) is 0 Å². The third-order valence-corrected chi connectivity index (χ3v) is 3.25. The van der Waals surface area contributed by atoms with E-state index in [9.17, 15) is 4.79 Å². The molecule has 1 amide bonds. The predicted molar refractivity (Wildman–Crippen MR) is 75.3 cm³/mol. The highest BCUT2D eigenvalue weighted by atomic mass is 16.1. The predicted octanol–water partition coefficient (Wildman–Crippen LogP) is 1.27. The van der Waals surface area contributed by atoms with E-state index in [4.69, 9.17) is 0 Å². The number of hydrogen-bond donors (Lipinski definition) is 2. The lowest BCUT2D eigenvalue weighted by Gasteiger charge is -2.05. The van der Waals surface area contributed by atoms with Crippen molar-refractivity contribution in [3.63, 3.8) is 0 Å². The van der Waals surface area contributed by atoms with Crippen LogP contribution >= 0.6 is 0 Å². The zero-order chi connectivity index (χ0) is 13.9. The van der Waals surface area contributed by atoms with E-state index in [0.29, 0.717) is 18.5 Å². The smallest absolute Gasteiger partial charge is 0.251 e. The lowest BCUT2D eigenvalue weighted by molar-refractivity contribution is 0.0954. The summed E-state index contributed by atoms with van der Waals surface area (Å²) in [6, 6.07) is 7.55. The maximum Gasteiger partial charge on any atom is 0.251 e. The van der Waals surface area contributed by atoms with Crippen molar-refractivity contribution in [3.05, 3.63) is 48.2 Å². The molecule has 20 heavy (non-hydrogen) atoms. The van der Waals surface area contributed by atoms with Crippen LogP contribution in [0.3, 0.4) is 0 Å². The molecule has 0 spiro atoms. The molecular formula is C14H15N5O. The Morgan fingerprint density at radius 3 is 3.10 bits per heavy atom. The molecule has 2 N–H and O–H groups in total. The number of amides is 1. The quantitative estimate of drug-likeness (QED) is 0.749. The second kappa shape index (κ2) is 5.16.